The number of nitrogens with zero attached hydrogens (tertiary/aromatic N) is 1. The fraction of sp³-hybridized carbons (Fsp3) is 0.400. The monoisotopic (exact) mass is 217 g/mol. The van der Waals surface area contributed by atoms with Gasteiger partial charge in [0.05, 0.1) is 0 Å². The van der Waals surface area contributed by atoms with Crippen LogP contribution in [0.25, 0.3) is 0 Å². The molecule has 1 nitrogen and oxygen atoms in total. The van der Waals surface area contributed by atoms with Gasteiger partial charge >= 0.3 is 0 Å². The molecule has 0 aliphatic heterocycles. The molecule has 0 radical (unpaired) electrons. The summed E-state index contributed by atoms with van der Waals surface area (Å²) >= 11 is 0. The molecule has 0 spiro atoms. The van der Waals surface area contributed by atoms with Crippen molar-refractivity contribution in [2.45, 2.75) is 39.5 Å². The second-order valence-electron chi connectivity index (χ2n) is 3.53. The van der Waals surface area contributed by atoms with Gasteiger partial charge in [-0.2, -0.15) is 0 Å². The summed E-state index contributed by atoms with van der Waals surface area (Å²) < 4.78 is 0. The number of hydrogen-bond acceptors (Lipinski definition) is 1. The number of rotatable bonds is 8. The summed E-state index contributed by atoms with van der Waals surface area (Å²) in [6, 6.07) is 0. The van der Waals surface area contributed by atoms with Crippen molar-refractivity contribution in [1.29, 1.82) is 0 Å². The van der Waals surface area contributed by atoms with Crippen molar-refractivity contribution >= 4 is 6.21 Å². The average molecular weight is 217 g/mol. The van der Waals surface area contributed by atoms with Gasteiger partial charge in [0.1, 0.15) is 0 Å². The van der Waals surface area contributed by atoms with Gasteiger partial charge in [-0.3, -0.25) is 4.99 Å². The SMILES string of the molecule is C=C(C=N/C=C\CC)CC/C=C\C=C/CC. The molecule has 0 unspecified atom stereocenters. The van der Waals surface area contributed by atoms with Crippen LogP contribution in [0.2, 0.25) is 0 Å². The van der Waals surface area contributed by atoms with Crippen molar-refractivity contribution < 1.29 is 0 Å². The predicted molar refractivity (Wildman–Crippen MR) is 74.9 cm³/mol. The lowest BCUT2D eigenvalue weighted by atomic mass is 10.2. The Morgan fingerprint density at radius 2 is 1.75 bits per heavy atom. The van der Waals surface area contributed by atoms with E-state index in [1.54, 1.807) is 0 Å². The van der Waals surface area contributed by atoms with Gasteiger partial charge in [-0.1, -0.05) is 50.8 Å². The lowest BCUT2D eigenvalue weighted by Crippen LogP contribution is -1.80. The van der Waals surface area contributed by atoms with Gasteiger partial charge < -0.3 is 0 Å². The fourth-order valence-corrected chi connectivity index (χ4v) is 1.04. The quantitative estimate of drug-likeness (QED) is 0.407. The summed E-state index contributed by atoms with van der Waals surface area (Å²) in [7, 11) is 0. The molecule has 0 aromatic heterocycles. The molecular weight excluding hydrogens is 194 g/mol. The Morgan fingerprint density at radius 1 is 1.06 bits per heavy atom. The molecule has 0 aliphatic carbocycles. The molecule has 88 valence electrons. The van der Waals surface area contributed by atoms with Gasteiger partial charge in [-0.05, 0) is 31.3 Å². The Bertz CT molecular complexity index is 280. The number of hydrogen-bond donors (Lipinski definition) is 0. The topological polar surface area (TPSA) is 12.4 Å². The molecule has 0 aromatic carbocycles. The molecule has 0 aliphatic rings. The molecule has 0 rings (SSSR count). The minimum Gasteiger partial charge on any atom is -0.265 e. The zero-order chi connectivity index (χ0) is 12.1. The summed E-state index contributed by atoms with van der Waals surface area (Å²) in [6.45, 7) is 8.18. The third kappa shape index (κ3) is 10.7. The van der Waals surface area contributed by atoms with E-state index in [0.717, 1.165) is 31.3 Å². The van der Waals surface area contributed by atoms with Crippen LogP contribution in [0.1, 0.15) is 39.5 Å². The fourth-order valence-electron chi connectivity index (χ4n) is 1.04. The molecule has 0 atom stereocenters. The molecule has 0 amide bonds. The van der Waals surface area contributed by atoms with E-state index in [-0.39, 0.29) is 0 Å². The Morgan fingerprint density at radius 3 is 2.44 bits per heavy atom. The van der Waals surface area contributed by atoms with E-state index in [9.17, 15) is 0 Å². The maximum absolute atomic E-state index is 4.15. The van der Waals surface area contributed by atoms with Crippen molar-refractivity contribution in [2.24, 2.45) is 4.99 Å². The highest BCUT2D eigenvalue weighted by molar-refractivity contribution is 5.77. The van der Waals surface area contributed by atoms with E-state index in [0.29, 0.717) is 0 Å². The van der Waals surface area contributed by atoms with Crippen molar-refractivity contribution in [3.63, 3.8) is 0 Å². The summed E-state index contributed by atoms with van der Waals surface area (Å²) in [6.07, 6.45) is 18.3. The molecule has 0 saturated heterocycles. The molecule has 0 aromatic rings. The Labute approximate surface area is 100.0 Å². The number of aliphatic imine (C=N–C) groups is 1. The second-order valence-corrected chi connectivity index (χ2v) is 3.53. The van der Waals surface area contributed by atoms with Crippen LogP contribution < -0.4 is 0 Å². The normalized spacial score (nSPS) is 12.6. The van der Waals surface area contributed by atoms with Gasteiger partial charge in [0.25, 0.3) is 0 Å². The Kier molecular flexibility index (Phi) is 10.7. The van der Waals surface area contributed by atoms with Crippen LogP contribution in [0.4, 0.5) is 0 Å². The molecule has 0 heterocycles. The summed E-state index contributed by atoms with van der Waals surface area (Å²) in [5, 5.41) is 0. The minimum absolute atomic E-state index is 0.972. The molecule has 16 heavy (non-hydrogen) atoms. The molecule has 0 N–H and O–H groups in total. The van der Waals surface area contributed by atoms with Crippen LogP contribution >= 0.6 is 0 Å². The van der Waals surface area contributed by atoms with E-state index >= 15 is 0 Å². The zero-order valence-electron chi connectivity index (χ0n) is 10.5. The van der Waals surface area contributed by atoms with Gasteiger partial charge in [-0.15, -0.1) is 0 Å². The highest BCUT2D eigenvalue weighted by atomic mass is 14.7. The van der Waals surface area contributed by atoms with Crippen molar-refractivity contribution in [3.05, 3.63) is 48.7 Å². The number of allylic oxidation sites excluding steroid dienone is 6. The van der Waals surface area contributed by atoms with Crippen molar-refractivity contribution in [1.82, 2.24) is 0 Å². The van der Waals surface area contributed by atoms with Crippen LogP contribution in [0.3, 0.4) is 0 Å². The zero-order valence-corrected chi connectivity index (χ0v) is 10.5. The van der Waals surface area contributed by atoms with E-state index in [1.807, 2.05) is 18.5 Å². The van der Waals surface area contributed by atoms with Gasteiger partial charge in [0.2, 0.25) is 0 Å². The molecular formula is C15H23N. The van der Waals surface area contributed by atoms with E-state index < -0.39 is 0 Å². The maximum Gasteiger partial charge on any atom is 0.0293 e. The van der Waals surface area contributed by atoms with Gasteiger partial charge in [-0.25, -0.2) is 0 Å². The lowest BCUT2D eigenvalue weighted by molar-refractivity contribution is 1.03. The average Bonchev–Trinajstić information content (AvgIpc) is 2.29. The first-order valence-electron chi connectivity index (χ1n) is 5.98. The molecule has 0 fully saturated rings. The Balaban J connectivity index is 3.65. The van der Waals surface area contributed by atoms with Gasteiger partial charge in [0.15, 0.2) is 0 Å². The third-order valence-electron chi connectivity index (χ3n) is 1.94. The second kappa shape index (κ2) is 11.7. The standard InChI is InChI=1S/C15H23N/c1-4-6-8-9-10-11-12-15(3)14-16-13-7-5-2/h6-10,13-14H,3-5,11-12H2,1-2H3/b8-6-,10-9-,13-7-,16-14?. The molecule has 0 saturated carbocycles. The van der Waals surface area contributed by atoms with Crippen LogP contribution in [0.15, 0.2) is 53.7 Å². The Hall–Kier alpha value is -1.37. The maximum atomic E-state index is 4.15. The predicted octanol–water partition coefficient (Wildman–Crippen LogP) is 4.84. The summed E-state index contributed by atoms with van der Waals surface area (Å²) in [5.74, 6) is 0. The lowest BCUT2D eigenvalue weighted by Gasteiger charge is -1.93. The first kappa shape index (κ1) is 14.6. The highest BCUT2D eigenvalue weighted by Gasteiger charge is 1.86. The van der Waals surface area contributed by atoms with Crippen LogP contribution in [-0.4, -0.2) is 6.21 Å². The molecule has 1 heteroatoms. The van der Waals surface area contributed by atoms with Crippen LogP contribution in [0.5, 0.6) is 0 Å². The first-order chi connectivity index (χ1) is 7.81. The minimum atomic E-state index is 0.972. The van der Waals surface area contributed by atoms with Crippen LogP contribution in [-0.2, 0) is 0 Å². The largest absolute Gasteiger partial charge is 0.265 e. The first-order valence-corrected chi connectivity index (χ1v) is 5.98. The van der Waals surface area contributed by atoms with Crippen LogP contribution in [0, 0.1) is 0 Å². The smallest absolute Gasteiger partial charge is 0.0293 e. The van der Waals surface area contributed by atoms with E-state index in [1.165, 1.54) is 0 Å². The summed E-state index contributed by atoms with van der Waals surface area (Å²) in [4.78, 5) is 4.15. The highest BCUT2D eigenvalue weighted by Crippen LogP contribution is 2.01. The van der Waals surface area contributed by atoms with Crippen molar-refractivity contribution in [2.75, 3.05) is 0 Å². The summed E-state index contributed by atoms with van der Waals surface area (Å²) in [5.41, 5.74) is 1.07. The van der Waals surface area contributed by atoms with E-state index in [2.05, 4.69) is 49.7 Å². The third-order valence-corrected chi connectivity index (χ3v) is 1.94. The van der Waals surface area contributed by atoms with E-state index in [4.69, 9.17) is 0 Å². The molecule has 0 bridgehead atoms. The van der Waals surface area contributed by atoms with Crippen molar-refractivity contribution in [3.8, 4) is 0 Å². The van der Waals surface area contributed by atoms with Gasteiger partial charge in [0, 0.05) is 12.4 Å².